The average molecular weight is 400 g/mol. The van der Waals surface area contributed by atoms with Gasteiger partial charge >= 0.3 is 0 Å². The van der Waals surface area contributed by atoms with Gasteiger partial charge in [0.05, 0.1) is 18.4 Å². The number of ether oxygens (including phenoxy) is 1. The fraction of sp³-hybridized carbons (Fsp3) is 0.350. The zero-order valence-corrected chi connectivity index (χ0v) is 16.8. The van der Waals surface area contributed by atoms with E-state index < -0.39 is 0 Å². The number of thiophene rings is 1. The molecule has 0 N–H and O–H groups in total. The predicted molar refractivity (Wildman–Crippen MR) is 109 cm³/mol. The molecule has 140 valence electrons. The molecule has 1 saturated heterocycles. The van der Waals surface area contributed by atoms with Crippen molar-refractivity contribution < 1.29 is 9.53 Å². The van der Waals surface area contributed by atoms with Crippen molar-refractivity contribution in [1.82, 2.24) is 14.9 Å². The Hall–Kier alpha value is -2.12. The standard InChI is InChI=1S/C20H21N3O2S2/c1-2-25-15-7-5-14(6-8-15)17-4-3-10-23(17)18(24)12-27-20-16-9-11-26-19(16)21-13-22-20/h5-9,11,13,17H,2-4,10,12H2,1H3. The number of hydrogen-bond donors (Lipinski definition) is 0. The lowest BCUT2D eigenvalue weighted by Crippen LogP contribution is -2.32. The number of amides is 1. The van der Waals surface area contributed by atoms with E-state index >= 15 is 0 Å². The Morgan fingerprint density at radius 3 is 2.96 bits per heavy atom. The summed E-state index contributed by atoms with van der Waals surface area (Å²) in [7, 11) is 0. The molecule has 1 aromatic carbocycles. The normalized spacial score (nSPS) is 16.8. The molecule has 5 nitrogen and oxygen atoms in total. The molecule has 4 rings (SSSR count). The molecule has 1 atom stereocenters. The van der Waals surface area contributed by atoms with Gasteiger partial charge in [-0.15, -0.1) is 11.3 Å². The highest BCUT2D eigenvalue weighted by Gasteiger charge is 2.29. The third-order valence-electron chi connectivity index (χ3n) is 4.71. The van der Waals surface area contributed by atoms with Crippen LogP contribution in [-0.2, 0) is 4.79 Å². The molecular formula is C20H21N3O2S2. The van der Waals surface area contributed by atoms with E-state index in [1.165, 1.54) is 17.3 Å². The third kappa shape index (κ3) is 3.94. The van der Waals surface area contributed by atoms with Gasteiger partial charge in [0.15, 0.2) is 0 Å². The Labute approximate surface area is 166 Å². The van der Waals surface area contributed by atoms with Crippen LogP contribution in [0.5, 0.6) is 5.75 Å². The number of nitrogens with zero attached hydrogens (tertiary/aromatic N) is 3. The number of likely N-dealkylation sites (tertiary alicyclic amines) is 1. The summed E-state index contributed by atoms with van der Waals surface area (Å²) in [6.07, 6.45) is 3.62. The zero-order valence-electron chi connectivity index (χ0n) is 15.1. The lowest BCUT2D eigenvalue weighted by Gasteiger charge is -2.25. The first kappa shape index (κ1) is 18.3. The third-order valence-corrected chi connectivity index (χ3v) is 6.52. The monoisotopic (exact) mass is 399 g/mol. The van der Waals surface area contributed by atoms with E-state index in [4.69, 9.17) is 4.74 Å². The summed E-state index contributed by atoms with van der Waals surface area (Å²) >= 11 is 3.09. The second-order valence-corrected chi connectivity index (χ2v) is 8.21. The minimum atomic E-state index is 0.153. The summed E-state index contributed by atoms with van der Waals surface area (Å²) in [5, 5.41) is 3.92. The average Bonchev–Trinajstić information content (AvgIpc) is 3.36. The van der Waals surface area contributed by atoms with Gasteiger partial charge < -0.3 is 9.64 Å². The minimum absolute atomic E-state index is 0.153. The topological polar surface area (TPSA) is 55.3 Å². The van der Waals surface area contributed by atoms with Crippen molar-refractivity contribution in [2.45, 2.75) is 30.8 Å². The van der Waals surface area contributed by atoms with Gasteiger partial charge in [0.1, 0.15) is 21.9 Å². The Bertz CT molecular complexity index is 926. The van der Waals surface area contributed by atoms with Crippen molar-refractivity contribution in [2.75, 3.05) is 18.9 Å². The first-order chi connectivity index (χ1) is 13.3. The molecule has 3 heterocycles. The van der Waals surface area contributed by atoms with E-state index in [0.29, 0.717) is 12.4 Å². The fourth-order valence-corrected chi connectivity index (χ4v) is 5.13. The number of fused-ring (bicyclic) bond motifs is 1. The Morgan fingerprint density at radius 2 is 2.15 bits per heavy atom. The highest BCUT2D eigenvalue weighted by Crippen LogP contribution is 2.34. The van der Waals surface area contributed by atoms with Gasteiger partial charge in [-0.3, -0.25) is 4.79 Å². The first-order valence-corrected chi connectivity index (χ1v) is 11.0. The maximum Gasteiger partial charge on any atom is 0.233 e. The van der Waals surface area contributed by atoms with Crippen molar-refractivity contribution in [3.8, 4) is 5.75 Å². The molecule has 1 aliphatic heterocycles. The van der Waals surface area contributed by atoms with Crippen LogP contribution in [0.2, 0.25) is 0 Å². The lowest BCUT2D eigenvalue weighted by molar-refractivity contribution is -0.129. The molecule has 3 aromatic rings. The zero-order chi connectivity index (χ0) is 18.6. The number of aromatic nitrogens is 2. The van der Waals surface area contributed by atoms with Crippen molar-refractivity contribution in [3.63, 3.8) is 0 Å². The van der Waals surface area contributed by atoms with E-state index in [9.17, 15) is 4.79 Å². The largest absolute Gasteiger partial charge is 0.494 e. The smallest absolute Gasteiger partial charge is 0.233 e. The van der Waals surface area contributed by atoms with Gasteiger partial charge in [-0.1, -0.05) is 23.9 Å². The van der Waals surface area contributed by atoms with Crippen LogP contribution in [0.25, 0.3) is 10.2 Å². The maximum atomic E-state index is 12.9. The number of carbonyl (C=O) groups excluding carboxylic acids is 1. The maximum absolute atomic E-state index is 12.9. The summed E-state index contributed by atoms with van der Waals surface area (Å²) in [5.74, 6) is 1.43. The van der Waals surface area contributed by atoms with Gasteiger partial charge in [0.2, 0.25) is 5.91 Å². The molecule has 0 radical (unpaired) electrons. The van der Waals surface area contributed by atoms with E-state index in [-0.39, 0.29) is 11.9 Å². The van der Waals surface area contributed by atoms with Gasteiger partial charge in [0, 0.05) is 11.9 Å². The van der Waals surface area contributed by atoms with Gasteiger partial charge in [-0.25, -0.2) is 9.97 Å². The second-order valence-electron chi connectivity index (χ2n) is 6.35. The van der Waals surface area contributed by atoms with E-state index in [0.717, 1.165) is 40.4 Å². The van der Waals surface area contributed by atoms with Crippen molar-refractivity contribution in [3.05, 3.63) is 47.6 Å². The molecule has 0 saturated carbocycles. The molecule has 0 spiro atoms. The molecule has 1 amide bonds. The van der Waals surface area contributed by atoms with Crippen LogP contribution in [0.15, 0.2) is 47.1 Å². The summed E-state index contributed by atoms with van der Waals surface area (Å²) in [4.78, 5) is 24.5. The van der Waals surface area contributed by atoms with Gasteiger partial charge in [-0.05, 0) is 48.9 Å². The number of hydrogen-bond acceptors (Lipinski definition) is 6. The van der Waals surface area contributed by atoms with E-state index in [2.05, 4.69) is 22.1 Å². The van der Waals surface area contributed by atoms with Crippen LogP contribution in [0.4, 0.5) is 0 Å². The fourth-order valence-electron chi connectivity index (χ4n) is 3.46. The Morgan fingerprint density at radius 1 is 1.30 bits per heavy atom. The van der Waals surface area contributed by atoms with E-state index in [1.807, 2.05) is 35.4 Å². The van der Waals surface area contributed by atoms with Crippen LogP contribution in [0.1, 0.15) is 31.4 Å². The predicted octanol–water partition coefficient (Wildman–Crippen LogP) is 4.55. The molecule has 2 aromatic heterocycles. The Balaban J connectivity index is 1.43. The Kier molecular flexibility index (Phi) is 5.59. The quantitative estimate of drug-likeness (QED) is 0.450. The summed E-state index contributed by atoms with van der Waals surface area (Å²) in [6.45, 7) is 3.45. The molecule has 0 bridgehead atoms. The summed E-state index contributed by atoms with van der Waals surface area (Å²) in [5.41, 5.74) is 1.18. The summed E-state index contributed by atoms with van der Waals surface area (Å²) < 4.78 is 5.52. The molecular weight excluding hydrogens is 378 g/mol. The van der Waals surface area contributed by atoms with Crippen molar-refractivity contribution >= 4 is 39.2 Å². The highest BCUT2D eigenvalue weighted by atomic mass is 32.2. The van der Waals surface area contributed by atoms with Gasteiger partial charge in [0.25, 0.3) is 0 Å². The van der Waals surface area contributed by atoms with Crippen LogP contribution in [0.3, 0.4) is 0 Å². The SMILES string of the molecule is CCOc1ccc(C2CCCN2C(=O)CSc2ncnc3sccc23)cc1. The minimum Gasteiger partial charge on any atom is -0.494 e. The summed E-state index contributed by atoms with van der Waals surface area (Å²) in [6, 6.07) is 10.3. The lowest BCUT2D eigenvalue weighted by atomic mass is 10.0. The molecule has 1 aliphatic rings. The van der Waals surface area contributed by atoms with E-state index in [1.54, 1.807) is 17.7 Å². The molecule has 1 fully saturated rings. The second kappa shape index (κ2) is 8.27. The van der Waals surface area contributed by atoms with Crippen LogP contribution in [-0.4, -0.2) is 39.7 Å². The van der Waals surface area contributed by atoms with Crippen LogP contribution >= 0.6 is 23.1 Å². The molecule has 27 heavy (non-hydrogen) atoms. The molecule has 1 unspecified atom stereocenters. The number of rotatable bonds is 6. The number of carbonyl (C=O) groups is 1. The van der Waals surface area contributed by atoms with Gasteiger partial charge in [-0.2, -0.15) is 0 Å². The van der Waals surface area contributed by atoms with Crippen molar-refractivity contribution in [1.29, 1.82) is 0 Å². The highest BCUT2D eigenvalue weighted by molar-refractivity contribution is 8.00. The first-order valence-electron chi connectivity index (χ1n) is 9.09. The van der Waals surface area contributed by atoms with Crippen LogP contribution < -0.4 is 4.74 Å². The molecule has 7 heteroatoms. The number of thioether (sulfide) groups is 1. The number of benzene rings is 1. The van der Waals surface area contributed by atoms with Crippen molar-refractivity contribution in [2.24, 2.45) is 0 Å². The molecule has 0 aliphatic carbocycles. The van der Waals surface area contributed by atoms with Crippen LogP contribution in [0, 0.1) is 0 Å².